The molecule has 10 rings (SSSR count). The number of benzene rings is 9. The van der Waals surface area contributed by atoms with Gasteiger partial charge < -0.3 is 9.32 Å². The fourth-order valence-electron chi connectivity index (χ4n) is 6.70. The number of hydrogen-bond donors (Lipinski definition) is 0. The third kappa shape index (κ3) is 5.81. The highest BCUT2D eigenvalue weighted by Crippen LogP contribution is 2.43. The van der Waals surface area contributed by atoms with Gasteiger partial charge in [-0.05, 0) is 116 Å². The molecular formula is C52H35NO. The zero-order valence-corrected chi connectivity index (χ0v) is 28.4. The quantitative estimate of drug-likeness (QED) is 0.164. The molecule has 1 aromatic heterocycles. The largest absolute Gasteiger partial charge is 0.456 e. The molecule has 0 fully saturated rings. The van der Waals surface area contributed by atoms with Crippen molar-refractivity contribution in [2.24, 2.45) is 0 Å². The minimum absolute atomic E-state index is 0.177. The van der Waals surface area contributed by atoms with Gasteiger partial charge in [0.25, 0.3) is 0 Å². The van der Waals surface area contributed by atoms with Gasteiger partial charge in [-0.2, -0.15) is 0 Å². The summed E-state index contributed by atoms with van der Waals surface area (Å²) >= 11 is 0. The number of furan rings is 1. The van der Waals surface area contributed by atoms with Gasteiger partial charge in [0, 0.05) is 27.8 Å². The number of anilines is 3. The molecule has 0 amide bonds. The highest BCUT2D eigenvalue weighted by atomic mass is 16.3. The van der Waals surface area contributed by atoms with Crippen LogP contribution in [0.4, 0.5) is 17.1 Å². The average molecular weight is 705 g/mol. The van der Waals surface area contributed by atoms with Crippen molar-refractivity contribution < 1.29 is 25.0 Å². The third-order valence-corrected chi connectivity index (χ3v) is 9.26. The topological polar surface area (TPSA) is 16.4 Å². The molecule has 0 radical (unpaired) electrons. The Morgan fingerprint density at radius 3 is 1.63 bits per heavy atom. The standard InChI is InChI=1S/C52H35NO/c1-4-12-36(13-5-1)40-20-22-43-33-41(21-23-42(43)32-40)37-24-26-44(27-25-37)53(46-29-31-52-50(35-46)48-18-10-11-19-51(48)54-52)45-28-30-47(38-14-6-2-7-15-38)49(34-45)39-16-8-3-9-17-39/h1-35H/i1D,4D,5D,12D,13D,20D,21D,22D,23D,24D,25D,26D,27D,32D,33D. The summed E-state index contributed by atoms with van der Waals surface area (Å²) < 4.78 is 141. The summed E-state index contributed by atoms with van der Waals surface area (Å²) in [5, 5.41) is 0.546. The number of rotatable bonds is 7. The van der Waals surface area contributed by atoms with E-state index < -0.39 is 124 Å². The number of fused-ring (bicyclic) bond motifs is 4. The van der Waals surface area contributed by atoms with Gasteiger partial charge in [-0.25, -0.2) is 0 Å². The van der Waals surface area contributed by atoms with Crippen molar-refractivity contribution in [2.45, 2.75) is 0 Å². The van der Waals surface area contributed by atoms with E-state index >= 15 is 0 Å². The molecule has 0 saturated heterocycles. The molecule has 1 heterocycles. The predicted octanol–water partition coefficient (Wildman–Crippen LogP) is 14.9. The minimum atomic E-state index is -0.788. The van der Waals surface area contributed by atoms with Gasteiger partial charge in [-0.15, -0.1) is 0 Å². The third-order valence-electron chi connectivity index (χ3n) is 9.26. The Kier molecular flexibility index (Phi) is 4.88. The van der Waals surface area contributed by atoms with Crippen LogP contribution in [0.25, 0.3) is 77.2 Å². The van der Waals surface area contributed by atoms with Gasteiger partial charge in [0.05, 0.1) is 20.6 Å². The van der Waals surface area contributed by atoms with E-state index in [0.717, 1.165) is 33.0 Å². The van der Waals surface area contributed by atoms with Crippen LogP contribution < -0.4 is 4.90 Å². The summed E-state index contributed by atoms with van der Waals surface area (Å²) in [5.41, 5.74) is 3.29. The van der Waals surface area contributed by atoms with Gasteiger partial charge in [0.2, 0.25) is 0 Å². The van der Waals surface area contributed by atoms with Crippen molar-refractivity contribution >= 4 is 49.8 Å². The van der Waals surface area contributed by atoms with Crippen molar-refractivity contribution in [3.05, 3.63) is 212 Å². The lowest BCUT2D eigenvalue weighted by Crippen LogP contribution is -2.10. The van der Waals surface area contributed by atoms with Gasteiger partial charge in [0.1, 0.15) is 11.2 Å². The minimum Gasteiger partial charge on any atom is -0.456 e. The molecule has 0 N–H and O–H groups in total. The van der Waals surface area contributed by atoms with Gasteiger partial charge in [-0.3, -0.25) is 0 Å². The first kappa shape index (κ1) is 19.6. The van der Waals surface area contributed by atoms with Crippen molar-refractivity contribution in [1.29, 1.82) is 0 Å². The van der Waals surface area contributed by atoms with Gasteiger partial charge in [-0.1, -0.05) is 151 Å². The Labute approximate surface area is 335 Å². The van der Waals surface area contributed by atoms with E-state index in [4.69, 9.17) is 16.8 Å². The lowest BCUT2D eigenvalue weighted by molar-refractivity contribution is 0.669. The fraction of sp³-hybridized carbons (Fsp3) is 0. The highest BCUT2D eigenvalue weighted by molar-refractivity contribution is 6.06. The van der Waals surface area contributed by atoms with Crippen molar-refractivity contribution in [3.8, 4) is 44.5 Å². The van der Waals surface area contributed by atoms with Gasteiger partial charge in [0.15, 0.2) is 0 Å². The Hall–Kier alpha value is -7.16. The lowest BCUT2D eigenvalue weighted by atomic mass is 9.93. The summed E-state index contributed by atoms with van der Waals surface area (Å²) in [5.74, 6) is 0. The maximum absolute atomic E-state index is 9.70. The normalized spacial score (nSPS) is 15.2. The smallest absolute Gasteiger partial charge is 0.135 e. The van der Waals surface area contributed by atoms with Crippen LogP contribution in [0.5, 0.6) is 0 Å². The van der Waals surface area contributed by atoms with Crippen LogP contribution in [-0.2, 0) is 0 Å². The number of nitrogens with zero attached hydrogens (tertiary/aromatic N) is 1. The van der Waals surface area contributed by atoms with Crippen LogP contribution in [0, 0.1) is 0 Å². The molecule has 2 heteroatoms. The summed E-state index contributed by atoms with van der Waals surface area (Å²) in [6, 6.07) is 27.3. The van der Waals surface area contributed by atoms with Crippen molar-refractivity contribution in [2.75, 3.05) is 4.90 Å². The molecule has 0 aliphatic rings. The summed E-state index contributed by atoms with van der Waals surface area (Å²) in [6.45, 7) is 0. The molecule has 2 nitrogen and oxygen atoms in total. The molecule has 0 spiro atoms. The summed E-state index contributed by atoms with van der Waals surface area (Å²) in [7, 11) is 0. The van der Waals surface area contributed by atoms with Crippen LogP contribution in [0.1, 0.15) is 20.6 Å². The van der Waals surface area contributed by atoms with Crippen LogP contribution in [-0.4, -0.2) is 0 Å². The molecule has 54 heavy (non-hydrogen) atoms. The monoisotopic (exact) mass is 704 g/mol. The van der Waals surface area contributed by atoms with E-state index in [9.17, 15) is 8.22 Å². The molecule has 0 aliphatic heterocycles. The van der Waals surface area contributed by atoms with Crippen LogP contribution in [0.3, 0.4) is 0 Å². The average Bonchev–Trinajstić information content (AvgIpc) is 3.74. The van der Waals surface area contributed by atoms with E-state index in [1.165, 1.54) is 0 Å². The second-order valence-electron chi connectivity index (χ2n) is 12.5. The van der Waals surface area contributed by atoms with E-state index in [0.29, 0.717) is 22.5 Å². The molecule has 0 saturated carbocycles. The molecule has 0 unspecified atom stereocenters. The molecule has 9 aromatic carbocycles. The number of para-hydroxylation sites is 1. The Balaban J connectivity index is 1.23. The molecule has 0 aliphatic carbocycles. The maximum Gasteiger partial charge on any atom is 0.135 e. The molecule has 254 valence electrons. The fourth-order valence-corrected chi connectivity index (χ4v) is 6.70. The summed E-state index contributed by atoms with van der Waals surface area (Å²) in [4.78, 5) is 1.62. The highest BCUT2D eigenvalue weighted by Gasteiger charge is 2.18. The van der Waals surface area contributed by atoms with Crippen LogP contribution in [0.2, 0.25) is 0 Å². The first-order chi connectivity index (χ1) is 33.0. The van der Waals surface area contributed by atoms with Crippen LogP contribution >= 0.6 is 0 Å². The predicted molar refractivity (Wildman–Crippen MR) is 228 cm³/mol. The second-order valence-corrected chi connectivity index (χ2v) is 12.5. The first-order valence-corrected chi connectivity index (χ1v) is 17.2. The Morgan fingerprint density at radius 2 is 0.926 bits per heavy atom. The maximum atomic E-state index is 9.70. The van der Waals surface area contributed by atoms with Crippen molar-refractivity contribution in [3.63, 3.8) is 0 Å². The van der Waals surface area contributed by atoms with Gasteiger partial charge >= 0.3 is 0 Å². The lowest BCUT2D eigenvalue weighted by Gasteiger charge is -2.27. The zero-order valence-electron chi connectivity index (χ0n) is 43.4. The van der Waals surface area contributed by atoms with E-state index in [1.807, 2.05) is 109 Å². The second kappa shape index (κ2) is 13.4. The van der Waals surface area contributed by atoms with E-state index in [1.54, 1.807) is 17.0 Å². The Bertz CT molecular complexity index is 3740. The van der Waals surface area contributed by atoms with E-state index in [2.05, 4.69) is 0 Å². The summed E-state index contributed by atoms with van der Waals surface area (Å²) in [6.07, 6.45) is 0. The van der Waals surface area contributed by atoms with Crippen LogP contribution in [0.15, 0.2) is 216 Å². The molecule has 0 atom stereocenters. The van der Waals surface area contributed by atoms with Crippen molar-refractivity contribution in [1.82, 2.24) is 0 Å². The number of hydrogen-bond acceptors (Lipinski definition) is 2. The molecular weight excluding hydrogens is 655 g/mol. The Morgan fingerprint density at radius 1 is 0.370 bits per heavy atom. The SMILES string of the molecule is [2H]c1c([2H])c([2H])c(-c2c([2H])c([2H])c3c([2H])c(-c4c([2H])c([2H])c(N(c5ccc(-c6ccccc6)c(-c6ccccc6)c5)c5ccc6oc7ccccc7c6c5)c([2H])c4[2H])c([2H])c([2H])c3c2[2H])c([2H])c1[2H]. The first-order valence-electron chi connectivity index (χ1n) is 24.7. The zero-order chi connectivity index (χ0) is 48.9. The molecule has 10 aromatic rings. The van der Waals surface area contributed by atoms with E-state index in [-0.39, 0.29) is 5.69 Å². The molecule has 0 bridgehead atoms.